The summed E-state index contributed by atoms with van der Waals surface area (Å²) < 4.78 is 4.57. The molecule has 23 heavy (non-hydrogen) atoms. The van der Waals surface area contributed by atoms with Crippen LogP contribution < -0.4 is 11.2 Å². The van der Waals surface area contributed by atoms with Gasteiger partial charge in [-0.2, -0.15) is 0 Å². The van der Waals surface area contributed by atoms with Crippen LogP contribution in [0.3, 0.4) is 0 Å². The van der Waals surface area contributed by atoms with Crippen molar-refractivity contribution in [3.05, 3.63) is 26.7 Å². The highest BCUT2D eigenvalue weighted by Gasteiger charge is 2.18. The Kier molecular flexibility index (Phi) is 6.58. The van der Waals surface area contributed by atoms with Gasteiger partial charge in [0, 0.05) is 33.6 Å². The summed E-state index contributed by atoms with van der Waals surface area (Å²) in [5.74, 6) is 0.848. The lowest BCUT2D eigenvalue weighted by molar-refractivity contribution is 0.290. The molecule has 0 N–H and O–H groups in total. The van der Waals surface area contributed by atoms with E-state index >= 15 is 0 Å². The summed E-state index contributed by atoms with van der Waals surface area (Å²) in [6.07, 6.45) is 0.726. The smallest absolute Gasteiger partial charge is 0.321 e. The van der Waals surface area contributed by atoms with Crippen molar-refractivity contribution in [3.63, 3.8) is 0 Å². The third-order valence-corrected chi connectivity index (χ3v) is 4.28. The molecule has 0 aliphatic rings. The highest BCUT2D eigenvalue weighted by molar-refractivity contribution is 5.85. The fraction of sp³-hybridized carbons (Fsp3) is 0.667. The van der Waals surface area contributed by atoms with Gasteiger partial charge in [0.25, 0.3) is 5.56 Å². The fourth-order valence-corrected chi connectivity index (χ4v) is 2.78. The zero-order valence-electron chi connectivity index (χ0n) is 14.5. The van der Waals surface area contributed by atoms with Crippen LogP contribution in [0.1, 0.15) is 26.6 Å². The maximum atomic E-state index is 12.5. The van der Waals surface area contributed by atoms with Crippen LogP contribution >= 0.6 is 12.4 Å². The maximum Gasteiger partial charge on any atom is 0.332 e. The van der Waals surface area contributed by atoms with Gasteiger partial charge in [-0.1, -0.05) is 20.8 Å². The summed E-state index contributed by atoms with van der Waals surface area (Å²) >= 11 is 0. The molecule has 8 heteroatoms. The molecule has 0 saturated heterocycles. The highest BCUT2D eigenvalue weighted by atomic mass is 35.5. The number of aromatic nitrogens is 4. The lowest BCUT2D eigenvalue weighted by atomic mass is 10.4. The average molecular weight is 344 g/mol. The molecule has 0 fully saturated rings. The Morgan fingerprint density at radius 1 is 1.04 bits per heavy atom. The standard InChI is InChI=1S/C15H25N5O2.ClH/c1-6-11-16-13-12(14(21)18(5)15(22)17(13)4)20(11)10-9-19(7-2)8-3;/h6-10H2,1-5H3;1H. The zero-order valence-corrected chi connectivity index (χ0v) is 15.3. The van der Waals surface area contributed by atoms with Crippen molar-refractivity contribution in [3.8, 4) is 0 Å². The van der Waals surface area contributed by atoms with Crippen molar-refractivity contribution in [2.45, 2.75) is 33.7 Å². The minimum atomic E-state index is -0.339. The molecule has 130 valence electrons. The third kappa shape index (κ3) is 3.35. The topological polar surface area (TPSA) is 65.1 Å². The summed E-state index contributed by atoms with van der Waals surface area (Å²) in [5.41, 5.74) is 0.386. The molecule has 7 nitrogen and oxygen atoms in total. The number of likely N-dealkylation sites (N-methyl/N-ethyl adjacent to an activating group) is 1. The molecule has 0 aliphatic heterocycles. The van der Waals surface area contributed by atoms with Crippen molar-refractivity contribution >= 4 is 23.6 Å². The maximum absolute atomic E-state index is 12.5. The molecule has 2 aromatic heterocycles. The SMILES string of the molecule is CCc1nc2c(c(=O)n(C)c(=O)n2C)n1CCN(CC)CC.Cl. The molecule has 0 spiro atoms. The van der Waals surface area contributed by atoms with Crippen LogP contribution in [0, 0.1) is 0 Å². The Bertz CT molecular complexity index is 786. The van der Waals surface area contributed by atoms with Gasteiger partial charge in [0.05, 0.1) is 0 Å². The number of nitrogens with zero attached hydrogens (tertiary/aromatic N) is 5. The minimum absolute atomic E-state index is 0. The lowest BCUT2D eigenvalue weighted by Crippen LogP contribution is -2.38. The number of halogens is 1. The van der Waals surface area contributed by atoms with E-state index < -0.39 is 0 Å². The Morgan fingerprint density at radius 2 is 1.65 bits per heavy atom. The van der Waals surface area contributed by atoms with E-state index in [4.69, 9.17) is 0 Å². The van der Waals surface area contributed by atoms with Crippen molar-refractivity contribution in [2.24, 2.45) is 14.1 Å². The summed E-state index contributed by atoms with van der Waals surface area (Å²) in [6.45, 7) is 9.77. The first-order chi connectivity index (χ1) is 10.5. The molecule has 0 unspecified atom stereocenters. The van der Waals surface area contributed by atoms with Gasteiger partial charge in [0.15, 0.2) is 11.2 Å². The first-order valence-corrected chi connectivity index (χ1v) is 7.83. The van der Waals surface area contributed by atoms with Gasteiger partial charge in [0.1, 0.15) is 5.82 Å². The van der Waals surface area contributed by atoms with E-state index in [1.807, 2.05) is 11.5 Å². The highest BCUT2D eigenvalue weighted by Crippen LogP contribution is 2.12. The zero-order chi connectivity index (χ0) is 16.4. The molecule has 0 saturated carbocycles. The normalized spacial score (nSPS) is 11.2. The molecule has 0 aromatic carbocycles. The van der Waals surface area contributed by atoms with Gasteiger partial charge in [-0.3, -0.25) is 13.9 Å². The largest absolute Gasteiger partial charge is 0.332 e. The summed E-state index contributed by atoms with van der Waals surface area (Å²) in [4.78, 5) is 31.4. The number of rotatable bonds is 6. The predicted molar refractivity (Wildman–Crippen MR) is 94.6 cm³/mol. The Labute approximate surface area is 141 Å². The summed E-state index contributed by atoms with van der Waals surface area (Å²) in [7, 11) is 3.17. The van der Waals surface area contributed by atoms with E-state index in [-0.39, 0.29) is 23.7 Å². The van der Waals surface area contributed by atoms with Gasteiger partial charge < -0.3 is 9.47 Å². The van der Waals surface area contributed by atoms with E-state index in [0.717, 1.165) is 36.4 Å². The molecule has 2 heterocycles. The van der Waals surface area contributed by atoms with Crippen LogP contribution in [0.5, 0.6) is 0 Å². The molecular formula is C15H26ClN5O2. The minimum Gasteiger partial charge on any atom is -0.321 e. The van der Waals surface area contributed by atoms with Crippen molar-refractivity contribution in [1.29, 1.82) is 0 Å². The Morgan fingerprint density at radius 3 is 2.17 bits per heavy atom. The number of fused-ring (bicyclic) bond motifs is 1. The molecular weight excluding hydrogens is 318 g/mol. The number of hydrogen-bond donors (Lipinski definition) is 0. The average Bonchev–Trinajstić information content (AvgIpc) is 2.90. The van der Waals surface area contributed by atoms with Gasteiger partial charge in [-0.15, -0.1) is 12.4 Å². The number of hydrogen-bond acceptors (Lipinski definition) is 4. The monoisotopic (exact) mass is 343 g/mol. The fourth-order valence-electron chi connectivity index (χ4n) is 2.78. The van der Waals surface area contributed by atoms with Crippen molar-refractivity contribution < 1.29 is 0 Å². The third-order valence-electron chi connectivity index (χ3n) is 4.28. The lowest BCUT2D eigenvalue weighted by Gasteiger charge is -2.19. The quantitative estimate of drug-likeness (QED) is 0.776. The first-order valence-electron chi connectivity index (χ1n) is 7.83. The molecule has 0 bridgehead atoms. The summed E-state index contributed by atoms with van der Waals surface area (Å²) in [5, 5.41) is 0. The molecule has 2 rings (SSSR count). The van der Waals surface area contributed by atoms with Crippen LogP contribution in [0.4, 0.5) is 0 Å². The number of aryl methyl sites for hydroxylation is 2. The second kappa shape index (κ2) is 7.79. The van der Waals surface area contributed by atoms with Gasteiger partial charge >= 0.3 is 5.69 Å². The van der Waals surface area contributed by atoms with E-state index in [9.17, 15) is 9.59 Å². The molecule has 0 atom stereocenters. The van der Waals surface area contributed by atoms with Crippen LogP contribution in [-0.2, 0) is 27.1 Å². The van der Waals surface area contributed by atoms with Crippen LogP contribution in [0.2, 0.25) is 0 Å². The molecule has 0 aliphatic carbocycles. The van der Waals surface area contributed by atoms with E-state index in [1.165, 1.54) is 11.6 Å². The predicted octanol–water partition coefficient (Wildman–Crippen LogP) is 0.760. The van der Waals surface area contributed by atoms with Crippen molar-refractivity contribution in [2.75, 3.05) is 19.6 Å². The molecule has 0 radical (unpaired) electrons. The van der Waals surface area contributed by atoms with E-state index in [1.54, 1.807) is 7.05 Å². The molecule has 2 aromatic rings. The van der Waals surface area contributed by atoms with E-state index in [2.05, 4.69) is 23.7 Å². The summed E-state index contributed by atoms with van der Waals surface area (Å²) in [6, 6.07) is 0. The number of imidazole rings is 1. The van der Waals surface area contributed by atoms with Gasteiger partial charge in [0.2, 0.25) is 0 Å². The van der Waals surface area contributed by atoms with Gasteiger partial charge in [-0.05, 0) is 13.1 Å². The van der Waals surface area contributed by atoms with Crippen molar-refractivity contribution in [1.82, 2.24) is 23.6 Å². The van der Waals surface area contributed by atoms with Crippen LogP contribution in [0.25, 0.3) is 11.2 Å². The van der Waals surface area contributed by atoms with Crippen LogP contribution in [0.15, 0.2) is 9.59 Å². The first kappa shape index (κ1) is 19.4. The second-order valence-electron chi connectivity index (χ2n) is 5.44. The van der Waals surface area contributed by atoms with Gasteiger partial charge in [-0.25, -0.2) is 9.78 Å². The molecule has 0 amide bonds. The van der Waals surface area contributed by atoms with Crippen LogP contribution in [-0.4, -0.2) is 43.2 Å². The van der Waals surface area contributed by atoms with E-state index in [0.29, 0.717) is 17.7 Å². The second-order valence-corrected chi connectivity index (χ2v) is 5.44. The Hall–Kier alpha value is -1.60. The Balaban J connectivity index is 0.00000264.